The van der Waals surface area contributed by atoms with Gasteiger partial charge in [0.05, 0.1) is 5.56 Å². The van der Waals surface area contributed by atoms with Gasteiger partial charge in [-0.1, -0.05) is 12.2 Å². The number of alkyl carbamates (subject to hydrolysis) is 1. The highest BCUT2D eigenvalue weighted by Crippen LogP contribution is 2.30. The van der Waals surface area contributed by atoms with E-state index < -0.39 is 29.3 Å². The molecule has 0 aliphatic rings. The van der Waals surface area contributed by atoms with Crippen molar-refractivity contribution < 1.29 is 27.1 Å². The number of benzene rings is 1. The van der Waals surface area contributed by atoms with E-state index in [0.717, 1.165) is 12.1 Å². The van der Waals surface area contributed by atoms with Gasteiger partial charge in [-0.25, -0.2) is 9.18 Å². The van der Waals surface area contributed by atoms with E-state index in [1.54, 1.807) is 20.8 Å². The summed E-state index contributed by atoms with van der Waals surface area (Å²) in [5.74, 6) is -0.977. The number of ether oxygens (including phenoxy) is 1. The number of carbonyl (C=O) groups is 1. The van der Waals surface area contributed by atoms with Crippen LogP contribution in [0.1, 0.15) is 31.9 Å². The van der Waals surface area contributed by atoms with Crippen molar-refractivity contribution in [2.75, 3.05) is 6.54 Å². The first-order chi connectivity index (χ1) is 9.97. The summed E-state index contributed by atoms with van der Waals surface area (Å²) in [5.41, 5.74) is -1.65. The van der Waals surface area contributed by atoms with E-state index in [1.807, 2.05) is 0 Å². The highest BCUT2D eigenvalue weighted by atomic mass is 19.4. The maximum absolute atomic E-state index is 13.2. The summed E-state index contributed by atoms with van der Waals surface area (Å²) < 4.78 is 55.7. The maximum atomic E-state index is 13.2. The van der Waals surface area contributed by atoms with Crippen LogP contribution in [-0.2, 0) is 10.9 Å². The molecule has 0 bridgehead atoms. The second-order valence-electron chi connectivity index (χ2n) is 5.56. The molecule has 7 heteroatoms. The molecule has 1 rings (SSSR count). The second-order valence-corrected chi connectivity index (χ2v) is 5.56. The first-order valence-corrected chi connectivity index (χ1v) is 6.48. The van der Waals surface area contributed by atoms with E-state index in [1.165, 1.54) is 12.2 Å². The molecule has 0 atom stereocenters. The Balaban J connectivity index is 2.64. The molecule has 0 spiro atoms. The Morgan fingerprint density at radius 1 is 1.23 bits per heavy atom. The lowest BCUT2D eigenvalue weighted by Crippen LogP contribution is -2.32. The van der Waals surface area contributed by atoms with E-state index in [2.05, 4.69) is 5.32 Å². The van der Waals surface area contributed by atoms with Crippen LogP contribution in [0.3, 0.4) is 0 Å². The Labute approximate surface area is 126 Å². The van der Waals surface area contributed by atoms with Crippen molar-refractivity contribution in [2.24, 2.45) is 0 Å². The maximum Gasteiger partial charge on any atom is 0.416 e. The van der Waals surface area contributed by atoms with Gasteiger partial charge in [-0.05, 0) is 44.5 Å². The summed E-state index contributed by atoms with van der Waals surface area (Å²) >= 11 is 0. The largest absolute Gasteiger partial charge is 0.444 e. The number of nitrogens with one attached hydrogen (secondary N) is 1. The third-order valence-corrected chi connectivity index (χ3v) is 2.32. The molecule has 0 aliphatic heterocycles. The van der Waals surface area contributed by atoms with Crippen molar-refractivity contribution in [3.05, 3.63) is 41.2 Å². The summed E-state index contributed by atoms with van der Waals surface area (Å²) in [6, 6.07) is 2.22. The summed E-state index contributed by atoms with van der Waals surface area (Å²) in [4.78, 5) is 11.3. The minimum Gasteiger partial charge on any atom is -0.444 e. The van der Waals surface area contributed by atoms with Gasteiger partial charge in [0, 0.05) is 6.54 Å². The normalized spacial score (nSPS) is 12.5. The third kappa shape index (κ3) is 6.60. The zero-order valence-electron chi connectivity index (χ0n) is 12.4. The van der Waals surface area contributed by atoms with Crippen LogP contribution in [0.25, 0.3) is 6.08 Å². The Morgan fingerprint density at radius 3 is 2.41 bits per heavy atom. The molecular weight excluding hydrogens is 302 g/mol. The molecule has 22 heavy (non-hydrogen) atoms. The van der Waals surface area contributed by atoms with Crippen LogP contribution >= 0.6 is 0 Å². The summed E-state index contributed by atoms with van der Waals surface area (Å²) in [5, 5.41) is 2.40. The van der Waals surface area contributed by atoms with Crippen LogP contribution < -0.4 is 5.32 Å². The molecule has 122 valence electrons. The van der Waals surface area contributed by atoms with Crippen molar-refractivity contribution >= 4 is 12.2 Å². The van der Waals surface area contributed by atoms with E-state index in [9.17, 15) is 22.4 Å². The second kappa shape index (κ2) is 6.81. The van der Waals surface area contributed by atoms with Crippen molar-refractivity contribution in [2.45, 2.75) is 32.5 Å². The number of amides is 1. The first-order valence-electron chi connectivity index (χ1n) is 6.48. The van der Waals surface area contributed by atoms with Crippen LogP contribution in [0.15, 0.2) is 24.3 Å². The lowest BCUT2D eigenvalue weighted by atomic mass is 10.1. The highest BCUT2D eigenvalue weighted by Gasteiger charge is 2.31. The lowest BCUT2D eigenvalue weighted by molar-refractivity contribution is -0.137. The Bertz CT molecular complexity index is 560. The predicted octanol–water partition coefficient (Wildman–Crippen LogP) is 4.38. The number of halogens is 4. The van der Waals surface area contributed by atoms with E-state index in [4.69, 9.17) is 4.74 Å². The van der Waals surface area contributed by atoms with Gasteiger partial charge >= 0.3 is 12.3 Å². The van der Waals surface area contributed by atoms with E-state index >= 15 is 0 Å². The molecule has 1 N–H and O–H groups in total. The standard InChI is InChI=1S/C15H17F4NO2/c1-14(2,3)22-13(21)20-6-4-5-10-7-11(15(17,18)19)9-12(16)8-10/h4-5,7-9H,6H2,1-3H3,(H,20,21). The average Bonchev–Trinajstić information content (AvgIpc) is 2.30. The summed E-state index contributed by atoms with van der Waals surface area (Å²) in [7, 11) is 0. The van der Waals surface area contributed by atoms with E-state index in [-0.39, 0.29) is 12.1 Å². The first kappa shape index (κ1) is 18.0. The number of carbonyl (C=O) groups excluding carboxylic acids is 1. The highest BCUT2D eigenvalue weighted by molar-refractivity contribution is 5.68. The molecule has 0 unspecified atom stereocenters. The molecule has 0 heterocycles. The Morgan fingerprint density at radius 2 is 1.86 bits per heavy atom. The van der Waals surface area contributed by atoms with Crippen LogP contribution in [0.5, 0.6) is 0 Å². The molecule has 0 aromatic heterocycles. The molecule has 0 aliphatic carbocycles. The summed E-state index contributed by atoms with van der Waals surface area (Å²) in [6.07, 6.45) is -2.57. The molecule has 1 aromatic carbocycles. The molecule has 0 saturated heterocycles. The fourth-order valence-electron chi connectivity index (χ4n) is 1.52. The van der Waals surface area contributed by atoms with E-state index in [0.29, 0.717) is 6.07 Å². The minimum absolute atomic E-state index is 0.0484. The van der Waals surface area contributed by atoms with Crippen LogP contribution in [-0.4, -0.2) is 18.2 Å². The molecule has 1 amide bonds. The Kier molecular flexibility index (Phi) is 5.57. The van der Waals surface area contributed by atoms with Gasteiger partial charge in [0.25, 0.3) is 0 Å². The quantitative estimate of drug-likeness (QED) is 0.840. The molecule has 0 radical (unpaired) electrons. The van der Waals surface area contributed by atoms with Crippen LogP contribution in [0, 0.1) is 5.82 Å². The number of rotatable bonds is 3. The number of hydrogen-bond acceptors (Lipinski definition) is 2. The van der Waals surface area contributed by atoms with Gasteiger partial charge < -0.3 is 10.1 Å². The van der Waals surface area contributed by atoms with Crippen LogP contribution in [0.2, 0.25) is 0 Å². The smallest absolute Gasteiger partial charge is 0.416 e. The summed E-state index contributed by atoms with van der Waals surface area (Å²) in [6.45, 7) is 5.16. The van der Waals surface area contributed by atoms with Gasteiger partial charge in [0.15, 0.2) is 0 Å². The lowest BCUT2D eigenvalue weighted by Gasteiger charge is -2.19. The van der Waals surface area contributed by atoms with Gasteiger partial charge in [-0.15, -0.1) is 0 Å². The SMILES string of the molecule is CC(C)(C)OC(=O)NCC=Cc1cc(F)cc(C(F)(F)F)c1. The molecule has 0 fully saturated rings. The molecule has 0 saturated carbocycles. The fourth-order valence-corrected chi connectivity index (χ4v) is 1.52. The molecule has 3 nitrogen and oxygen atoms in total. The zero-order valence-corrected chi connectivity index (χ0v) is 12.4. The third-order valence-electron chi connectivity index (χ3n) is 2.32. The Hall–Kier alpha value is -2.05. The molecular formula is C15H17F4NO2. The van der Waals surface area contributed by atoms with Gasteiger partial charge in [0.1, 0.15) is 11.4 Å². The van der Waals surface area contributed by atoms with Crippen molar-refractivity contribution in [3.8, 4) is 0 Å². The number of alkyl halides is 3. The average molecular weight is 319 g/mol. The van der Waals surface area contributed by atoms with Crippen molar-refractivity contribution in [1.29, 1.82) is 0 Å². The molecule has 1 aromatic rings. The van der Waals surface area contributed by atoms with Gasteiger partial charge in [-0.2, -0.15) is 13.2 Å². The van der Waals surface area contributed by atoms with Gasteiger partial charge in [0.2, 0.25) is 0 Å². The zero-order chi connectivity index (χ0) is 17.0. The van der Waals surface area contributed by atoms with Crippen LogP contribution in [0.4, 0.5) is 22.4 Å². The minimum atomic E-state index is -4.61. The fraction of sp³-hybridized carbons (Fsp3) is 0.400. The van der Waals surface area contributed by atoms with Crippen molar-refractivity contribution in [3.63, 3.8) is 0 Å². The topological polar surface area (TPSA) is 38.3 Å². The van der Waals surface area contributed by atoms with Crippen molar-refractivity contribution in [1.82, 2.24) is 5.32 Å². The predicted molar refractivity (Wildman–Crippen MR) is 74.7 cm³/mol. The van der Waals surface area contributed by atoms with Gasteiger partial charge in [-0.3, -0.25) is 0 Å². The monoisotopic (exact) mass is 319 g/mol. The number of hydrogen-bond donors (Lipinski definition) is 1.